The Morgan fingerprint density at radius 2 is 1.91 bits per heavy atom. The third-order valence-electron chi connectivity index (χ3n) is 3.69. The smallest absolute Gasteiger partial charge is 0.251 e. The van der Waals surface area contributed by atoms with Crippen molar-refractivity contribution in [3.63, 3.8) is 0 Å². The van der Waals surface area contributed by atoms with E-state index in [0.29, 0.717) is 12.2 Å². The second-order valence-electron chi connectivity index (χ2n) is 5.35. The van der Waals surface area contributed by atoms with Crippen molar-refractivity contribution in [2.75, 3.05) is 13.7 Å². The van der Waals surface area contributed by atoms with Gasteiger partial charge in [0.2, 0.25) is 0 Å². The van der Waals surface area contributed by atoms with Gasteiger partial charge in [-0.1, -0.05) is 18.2 Å². The van der Waals surface area contributed by atoms with Crippen molar-refractivity contribution in [1.82, 2.24) is 5.32 Å². The minimum Gasteiger partial charge on any atom is -0.496 e. The second-order valence-corrected chi connectivity index (χ2v) is 5.35. The molecule has 1 amide bonds. The lowest BCUT2D eigenvalue weighted by atomic mass is 10.1. The summed E-state index contributed by atoms with van der Waals surface area (Å²) >= 11 is 0. The molecule has 0 aliphatic carbocycles. The molecule has 4 heteroatoms. The van der Waals surface area contributed by atoms with E-state index >= 15 is 0 Å². The average molecular weight is 313 g/mol. The number of carbonyl (C=O) groups excluding carboxylic acids is 1. The lowest BCUT2D eigenvalue weighted by molar-refractivity contribution is 0.0939. The van der Waals surface area contributed by atoms with Crippen molar-refractivity contribution in [2.45, 2.75) is 26.8 Å². The third kappa shape index (κ3) is 4.03. The first kappa shape index (κ1) is 16.9. The van der Waals surface area contributed by atoms with Crippen LogP contribution in [0.15, 0.2) is 42.5 Å². The van der Waals surface area contributed by atoms with Crippen LogP contribution in [0.25, 0.3) is 0 Å². The van der Waals surface area contributed by atoms with E-state index in [1.807, 2.05) is 57.2 Å². The van der Waals surface area contributed by atoms with E-state index in [9.17, 15) is 4.79 Å². The Labute approximate surface area is 137 Å². The van der Waals surface area contributed by atoms with Gasteiger partial charge in [0.25, 0.3) is 5.91 Å². The Morgan fingerprint density at radius 3 is 2.57 bits per heavy atom. The zero-order chi connectivity index (χ0) is 16.8. The third-order valence-corrected chi connectivity index (χ3v) is 3.69. The fourth-order valence-electron chi connectivity index (χ4n) is 2.49. The van der Waals surface area contributed by atoms with Gasteiger partial charge < -0.3 is 14.8 Å². The van der Waals surface area contributed by atoms with E-state index in [2.05, 4.69) is 5.32 Å². The van der Waals surface area contributed by atoms with Gasteiger partial charge >= 0.3 is 0 Å². The molecule has 0 aliphatic heterocycles. The van der Waals surface area contributed by atoms with Gasteiger partial charge in [-0.2, -0.15) is 0 Å². The summed E-state index contributed by atoms with van der Waals surface area (Å²) in [4.78, 5) is 12.5. The minimum atomic E-state index is -0.148. The Morgan fingerprint density at radius 1 is 1.17 bits per heavy atom. The highest BCUT2D eigenvalue weighted by Gasteiger charge is 2.15. The molecule has 2 rings (SSSR count). The first-order valence-corrected chi connectivity index (χ1v) is 7.74. The molecular formula is C19H23NO3. The molecule has 4 nitrogen and oxygen atoms in total. The predicted molar refractivity (Wildman–Crippen MR) is 91.2 cm³/mol. The first-order valence-electron chi connectivity index (χ1n) is 7.74. The van der Waals surface area contributed by atoms with E-state index in [1.165, 1.54) is 0 Å². The van der Waals surface area contributed by atoms with Crippen LogP contribution in [0.2, 0.25) is 0 Å². The number of hydrogen-bond acceptors (Lipinski definition) is 3. The fourth-order valence-corrected chi connectivity index (χ4v) is 2.49. The Kier molecular flexibility index (Phi) is 5.63. The zero-order valence-corrected chi connectivity index (χ0v) is 14.1. The van der Waals surface area contributed by atoms with Gasteiger partial charge in [-0.05, 0) is 50.6 Å². The van der Waals surface area contributed by atoms with Gasteiger partial charge in [0.05, 0.1) is 19.8 Å². The number of ether oxygens (including phenoxy) is 2. The summed E-state index contributed by atoms with van der Waals surface area (Å²) in [5, 5.41) is 3.01. The summed E-state index contributed by atoms with van der Waals surface area (Å²) in [5.41, 5.74) is 2.52. The van der Waals surface area contributed by atoms with E-state index in [0.717, 1.165) is 22.6 Å². The van der Waals surface area contributed by atoms with Crippen LogP contribution in [0.1, 0.15) is 41.4 Å². The molecule has 0 bridgehead atoms. The monoisotopic (exact) mass is 313 g/mol. The van der Waals surface area contributed by atoms with E-state index < -0.39 is 0 Å². The molecule has 0 saturated heterocycles. The minimum absolute atomic E-state index is 0.116. The topological polar surface area (TPSA) is 47.6 Å². The van der Waals surface area contributed by atoms with Crippen LogP contribution in [0.5, 0.6) is 11.5 Å². The molecule has 0 saturated carbocycles. The van der Waals surface area contributed by atoms with Gasteiger partial charge in [-0.15, -0.1) is 0 Å². The fraction of sp³-hybridized carbons (Fsp3) is 0.316. The van der Waals surface area contributed by atoms with Gasteiger partial charge in [0.1, 0.15) is 11.5 Å². The lowest BCUT2D eigenvalue weighted by Crippen LogP contribution is -2.27. The summed E-state index contributed by atoms with van der Waals surface area (Å²) in [7, 11) is 1.63. The van der Waals surface area contributed by atoms with E-state index in [-0.39, 0.29) is 11.9 Å². The average Bonchev–Trinajstić information content (AvgIpc) is 2.56. The van der Waals surface area contributed by atoms with Crippen molar-refractivity contribution < 1.29 is 14.3 Å². The Hall–Kier alpha value is -2.49. The molecule has 0 aromatic heterocycles. The highest BCUT2D eigenvalue weighted by molar-refractivity contribution is 5.94. The molecule has 0 spiro atoms. The van der Waals surface area contributed by atoms with Crippen LogP contribution in [0.4, 0.5) is 0 Å². The second kappa shape index (κ2) is 7.68. The van der Waals surface area contributed by atoms with Gasteiger partial charge in [-0.25, -0.2) is 0 Å². The maximum atomic E-state index is 12.5. The largest absolute Gasteiger partial charge is 0.496 e. The standard InChI is InChI=1S/C19H23NO3/c1-5-23-17-11-10-15(12-13(17)2)19(21)20-14(3)16-8-6-7-9-18(16)22-4/h6-12,14H,5H2,1-4H3,(H,20,21)/t14-/m1/s1. The lowest BCUT2D eigenvalue weighted by Gasteiger charge is -2.17. The summed E-state index contributed by atoms with van der Waals surface area (Å²) in [6, 6.07) is 13.0. The van der Waals surface area contributed by atoms with Crippen molar-refractivity contribution >= 4 is 5.91 Å². The normalized spacial score (nSPS) is 11.7. The van der Waals surface area contributed by atoms with Crippen molar-refractivity contribution in [2.24, 2.45) is 0 Å². The molecule has 1 N–H and O–H groups in total. The molecule has 1 atom stereocenters. The summed E-state index contributed by atoms with van der Waals surface area (Å²) in [6.45, 7) is 6.43. The van der Waals surface area contributed by atoms with Crippen LogP contribution >= 0.6 is 0 Å². The maximum absolute atomic E-state index is 12.5. The number of hydrogen-bond donors (Lipinski definition) is 1. The van der Waals surface area contributed by atoms with Gasteiger partial charge in [0.15, 0.2) is 0 Å². The van der Waals surface area contributed by atoms with Crippen molar-refractivity contribution in [1.29, 1.82) is 0 Å². The molecular weight excluding hydrogens is 290 g/mol. The van der Waals surface area contributed by atoms with Crippen LogP contribution in [0, 0.1) is 6.92 Å². The molecule has 0 unspecified atom stereocenters. The number of methoxy groups -OCH3 is 1. The van der Waals surface area contributed by atoms with Crippen molar-refractivity contribution in [3.05, 3.63) is 59.2 Å². The highest BCUT2D eigenvalue weighted by atomic mass is 16.5. The van der Waals surface area contributed by atoms with Crippen LogP contribution < -0.4 is 14.8 Å². The number of nitrogens with one attached hydrogen (secondary N) is 1. The van der Waals surface area contributed by atoms with Gasteiger partial charge in [-0.3, -0.25) is 4.79 Å². The number of rotatable bonds is 6. The summed E-state index contributed by atoms with van der Waals surface area (Å²) < 4.78 is 10.9. The quantitative estimate of drug-likeness (QED) is 0.880. The summed E-state index contributed by atoms with van der Waals surface area (Å²) in [5.74, 6) is 1.46. The molecule has 0 radical (unpaired) electrons. The van der Waals surface area contributed by atoms with E-state index in [4.69, 9.17) is 9.47 Å². The number of amides is 1. The molecule has 0 fully saturated rings. The highest BCUT2D eigenvalue weighted by Crippen LogP contribution is 2.25. The number of aryl methyl sites for hydroxylation is 1. The zero-order valence-electron chi connectivity index (χ0n) is 14.1. The molecule has 2 aromatic carbocycles. The number of benzene rings is 2. The van der Waals surface area contributed by atoms with E-state index in [1.54, 1.807) is 13.2 Å². The molecule has 0 heterocycles. The van der Waals surface area contributed by atoms with Crippen LogP contribution in [-0.2, 0) is 0 Å². The maximum Gasteiger partial charge on any atom is 0.251 e. The molecule has 122 valence electrons. The number of carbonyl (C=O) groups is 1. The molecule has 2 aromatic rings. The Bertz CT molecular complexity index is 682. The number of para-hydroxylation sites is 1. The van der Waals surface area contributed by atoms with Crippen molar-refractivity contribution in [3.8, 4) is 11.5 Å². The predicted octanol–water partition coefficient (Wildman–Crippen LogP) is 3.89. The molecule has 23 heavy (non-hydrogen) atoms. The Balaban J connectivity index is 2.13. The van der Waals surface area contributed by atoms with Gasteiger partial charge in [0, 0.05) is 11.1 Å². The van der Waals surface area contributed by atoms with Crippen LogP contribution in [0.3, 0.4) is 0 Å². The SMILES string of the molecule is CCOc1ccc(C(=O)N[C@H](C)c2ccccc2OC)cc1C. The van der Waals surface area contributed by atoms with Crippen LogP contribution in [-0.4, -0.2) is 19.6 Å². The first-order chi connectivity index (χ1) is 11.1. The molecule has 0 aliphatic rings. The summed E-state index contributed by atoms with van der Waals surface area (Å²) in [6.07, 6.45) is 0.